The molecule has 1 aromatic carbocycles. The maximum absolute atomic E-state index is 13.8. The van der Waals surface area contributed by atoms with Gasteiger partial charge in [0.05, 0.1) is 5.56 Å². The molecule has 0 bridgehead atoms. The minimum Gasteiger partial charge on any atom is -0.334 e. The summed E-state index contributed by atoms with van der Waals surface area (Å²) in [5.74, 6) is -0.224. The van der Waals surface area contributed by atoms with Gasteiger partial charge < -0.3 is 4.52 Å². The van der Waals surface area contributed by atoms with Crippen molar-refractivity contribution in [1.82, 2.24) is 24.7 Å². The van der Waals surface area contributed by atoms with Crippen molar-refractivity contribution >= 4 is 5.65 Å². The third-order valence-electron chi connectivity index (χ3n) is 3.63. The Bertz CT molecular complexity index is 1040. The van der Waals surface area contributed by atoms with Gasteiger partial charge >= 0.3 is 0 Å². The fourth-order valence-corrected chi connectivity index (χ4v) is 2.42. The molecule has 0 amide bonds. The summed E-state index contributed by atoms with van der Waals surface area (Å²) in [4.78, 5) is 4.16. The number of hydrogen-bond donors (Lipinski definition) is 0. The average Bonchev–Trinajstić information content (AvgIpc) is 3.23. The van der Waals surface area contributed by atoms with E-state index in [0.717, 1.165) is 30.4 Å². The predicted octanol–water partition coefficient (Wildman–Crippen LogP) is 3.29. The van der Waals surface area contributed by atoms with E-state index in [1.807, 2.05) is 11.3 Å². The van der Waals surface area contributed by atoms with Gasteiger partial charge in [0.25, 0.3) is 5.89 Å². The largest absolute Gasteiger partial charge is 0.334 e. The summed E-state index contributed by atoms with van der Waals surface area (Å²) in [5.41, 5.74) is 1.28. The van der Waals surface area contributed by atoms with Crippen LogP contribution in [0.5, 0.6) is 0 Å². The summed E-state index contributed by atoms with van der Waals surface area (Å²) in [6.45, 7) is 1.97. The number of hydrogen-bond acceptors (Lipinski definition) is 5. The zero-order valence-electron chi connectivity index (χ0n) is 12.6. The number of nitrogens with zero attached hydrogens (tertiary/aromatic N) is 5. The lowest BCUT2D eigenvalue weighted by Crippen LogP contribution is -1.93. The van der Waals surface area contributed by atoms with E-state index in [-0.39, 0.29) is 17.3 Å². The van der Waals surface area contributed by atoms with E-state index in [9.17, 15) is 8.78 Å². The van der Waals surface area contributed by atoms with E-state index in [0.29, 0.717) is 11.2 Å². The van der Waals surface area contributed by atoms with E-state index >= 15 is 0 Å². The monoisotopic (exact) mass is 327 g/mol. The topological polar surface area (TPSA) is 69.1 Å². The van der Waals surface area contributed by atoms with Crippen LogP contribution < -0.4 is 0 Å². The zero-order chi connectivity index (χ0) is 16.7. The third-order valence-corrected chi connectivity index (χ3v) is 3.63. The minimum absolute atomic E-state index is 0.0756. The highest BCUT2D eigenvalue weighted by Crippen LogP contribution is 2.25. The highest BCUT2D eigenvalue weighted by Gasteiger charge is 2.16. The van der Waals surface area contributed by atoms with Gasteiger partial charge in [0, 0.05) is 18.2 Å². The SMILES string of the molecule is CCc1nnc2ccc(-c3noc(-c4cc(F)ccc4F)n3)cn12. The van der Waals surface area contributed by atoms with Crippen molar-refractivity contribution in [2.45, 2.75) is 13.3 Å². The van der Waals surface area contributed by atoms with E-state index in [1.165, 1.54) is 0 Å². The van der Waals surface area contributed by atoms with Gasteiger partial charge in [0.1, 0.15) is 17.5 Å². The second-order valence-electron chi connectivity index (χ2n) is 5.16. The second-order valence-corrected chi connectivity index (χ2v) is 5.16. The second kappa shape index (κ2) is 5.48. The molecule has 3 aromatic heterocycles. The van der Waals surface area contributed by atoms with E-state index in [1.54, 1.807) is 18.3 Å². The molecule has 0 spiro atoms. The maximum Gasteiger partial charge on any atom is 0.261 e. The van der Waals surface area contributed by atoms with Crippen LogP contribution in [0.2, 0.25) is 0 Å². The first-order chi connectivity index (χ1) is 11.7. The fourth-order valence-electron chi connectivity index (χ4n) is 2.42. The van der Waals surface area contributed by atoms with E-state index < -0.39 is 11.6 Å². The van der Waals surface area contributed by atoms with Crippen LogP contribution in [-0.4, -0.2) is 24.7 Å². The van der Waals surface area contributed by atoms with E-state index in [2.05, 4.69) is 20.3 Å². The number of aryl methyl sites for hydroxylation is 1. The normalized spacial score (nSPS) is 11.3. The first-order valence-electron chi connectivity index (χ1n) is 7.29. The molecule has 0 N–H and O–H groups in total. The van der Waals surface area contributed by atoms with Gasteiger partial charge in [-0.2, -0.15) is 4.98 Å². The van der Waals surface area contributed by atoms with E-state index in [4.69, 9.17) is 4.52 Å². The summed E-state index contributed by atoms with van der Waals surface area (Å²) in [7, 11) is 0. The highest BCUT2D eigenvalue weighted by atomic mass is 19.1. The number of halogens is 2. The molecular formula is C16H11F2N5O. The minimum atomic E-state index is -0.630. The van der Waals surface area contributed by atoms with Gasteiger partial charge in [-0.1, -0.05) is 12.1 Å². The number of pyridine rings is 1. The summed E-state index contributed by atoms with van der Waals surface area (Å²) in [5, 5.41) is 12.0. The smallest absolute Gasteiger partial charge is 0.261 e. The number of fused-ring (bicyclic) bond motifs is 1. The Morgan fingerprint density at radius 3 is 2.83 bits per heavy atom. The van der Waals surface area contributed by atoms with Gasteiger partial charge in [-0.3, -0.25) is 4.40 Å². The molecule has 4 aromatic rings. The van der Waals surface area contributed by atoms with Gasteiger partial charge in [-0.25, -0.2) is 8.78 Å². The van der Waals surface area contributed by atoms with Crippen molar-refractivity contribution < 1.29 is 13.3 Å². The van der Waals surface area contributed by atoms with Crippen LogP contribution in [0.1, 0.15) is 12.7 Å². The van der Waals surface area contributed by atoms with Crippen LogP contribution >= 0.6 is 0 Å². The van der Waals surface area contributed by atoms with Gasteiger partial charge in [-0.05, 0) is 30.3 Å². The van der Waals surface area contributed by atoms with Crippen molar-refractivity contribution in [2.75, 3.05) is 0 Å². The summed E-state index contributed by atoms with van der Waals surface area (Å²) in [6, 6.07) is 6.61. The van der Waals surface area contributed by atoms with Crippen LogP contribution in [0.15, 0.2) is 41.1 Å². The predicted molar refractivity (Wildman–Crippen MR) is 81.0 cm³/mol. The number of benzene rings is 1. The lowest BCUT2D eigenvalue weighted by Gasteiger charge is -1.99. The van der Waals surface area contributed by atoms with Crippen molar-refractivity contribution in [1.29, 1.82) is 0 Å². The summed E-state index contributed by atoms with van der Waals surface area (Å²) in [6.07, 6.45) is 2.50. The van der Waals surface area contributed by atoms with Crippen molar-refractivity contribution in [2.24, 2.45) is 0 Å². The summed E-state index contributed by atoms with van der Waals surface area (Å²) >= 11 is 0. The fraction of sp³-hybridized carbons (Fsp3) is 0.125. The standard InChI is InChI=1S/C16H11F2N5O/c1-2-13-20-21-14-6-3-9(8-23(13)14)15-19-16(24-22-15)11-7-10(17)4-5-12(11)18/h3-8H,2H2,1H3. The van der Waals surface area contributed by atoms with Crippen LogP contribution in [0.25, 0.3) is 28.5 Å². The van der Waals surface area contributed by atoms with Crippen LogP contribution in [0.3, 0.4) is 0 Å². The first-order valence-corrected chi connectivity index (χ1v) is 7.29. The Morgan fingerprint density at radius 2 is 2.00 bits per heavy atom. The molecule has 0 fully saturated rings. The zero-order valence-corrected chi connectivity index (χ0v) is 12.6. The number of aromatic nitrogens is 5. The van der Waals surface area contributed by atoms with Crippen LogP contribution in [0.4, 0.5) is 8.78 Å². The molecule has 0 aliphatic rings. The molecule has 0 saturated heterocycles. The molecule has 0 aliphatic carbocycles. The molecule has 8 heteroatoms. The van der Waals surface area contributed by atoms with Gasteiger partial charge in [-0.15, -0.1) is 10.2 Å². The summed E-state index contributed by atoms with van der Waals surface area (Å²) < 4.78 is 34.0. The highest BCUT2D eigenvalue weighted by molar-refractivity contribution is 5.61. The lowest BCUT2D eigenvalue weighted by atomic mass is 10.2. The Labute approximate surface area is 134 Å². The Morgan fingerprint density at radius 1 is 1.12 bits per heavy atom. The molecule has 24 heavy (non-hydrogen) atoms. The molecule has 0 atom stereocenters. The molecule has 6 nitrogen and oxygen atoms in total. The van der Waals surface area contributed by atoms with Crippen LogP contribution in [-0.2, 0) is 6.42 Å². The molecule has 0 aliphatic heterocycles. The molecule has 0 radical (unpaired) electrons. The van der Waals surface area contributed by atoms with Crippen molar-refractivity contribution in [3.63, 3.8) is 0 Å². The van der Waals surface area contributed by atoms with Gasteiger partial charge in [0.15, 0.2) is 5.65 Å². The molecule has 3 heterocycles. The quantitative estimate of drug-likeness (QED) is 0.577. The lowest BCUT2D eigenvalue weighted by molar-refractivity contribution is 0.429. The van der Waals surface area contributed by atoms with Gasteiger partial charge in [0.2, 0.25) is 5.82 Å². The van der Waals surface area contributed by atoms with Crippen LogP contribution in [0, 0.1) is 11.6 Å². The molecule has 0 saturated carbocycles. The average molecular weight is 327 g/mol. The third kappa shape index (κ3) is 2.32. The first kappa shape index (κ1) is 14.4. The number of rotatable bonds is 3. The van der Waals surface area contributed by atoms with Crippen molar-refractivity contribution in [3.05, 3.63) is 54.0 Å². The molecule has 120 valence electrons. The maximum atomic E-state index is 13.8. The molecular weight excluding hydrogens is 316 g/mol. The Balaban J connectivity index is 1.78. The molecule has 0 unspecified atom stereocenters. The molecule has 4 rings (SSSR count). The Hall–Kier alpha value is -3.16. The van der Waals surface area contributed by atoms with Crippen molar-refractivity contribution in [3.8, 4) is 22.8 Å². The Kier molecular flexibility index (Phi) is 3.30.